The fourth-order valence-corrected chi connectivity index (χ4v) is 5.97. The van der Waals surface area contributed by atoms with E-state index in [1.54, 1.807) is 38.5 Å². The van der Waals surface area contributed by atoms with Crippen molar-refractivity contribution < 1.29 is 52.5 Å². The van der Waals surface area contributed by atoms with Crippen molar-refractivity contribution >= 4 is 5.97 Å². The van der Waals surface area contributed by atoms with E-state index in [2.05, 4.69) is 9.80 Å². The van der Waals surface area contributed by atoms with Gasteiger partial charge in [-0.1, -0.05) is 0 Å². The summed E-state index contributed by atoms with van der Waals surface area (Å²) >= 11 is 0. The van der Waals surface area contributed by atoms with Gasteiger partial charge in [-0.05, 0) is 42.0 Å². The van der Waals surface area contributed by atoms with Crippen molar-refractivity contribution in [2.45, 2.75) is 12.2 Å². The number of cyclic esters (lactones) is 1. The molecule has 4 aliphatic rings. The van der Waals surface area contributed by atoms with Gasteiger partial charge >= 0.3 is 5.97 Å². The van der Waals surface area contributed by atoms with Gasteiger partial charge in [0.25, 0.3) is 5.79 Å². The van der Waals surface area contributed by atoms with Crippen LogP contribution in [0, 0.1) is 0 Å². The molecule has 0 saturated carbocycles. The summed E-state index contributed by atoms with van der Waals surface area (Å²) in [5.41, 5.74) is 1.43. The Balaban J connectivity index is 1.32. The van der Waals surface area contributed by atoms with E-state index in [1.165, 1.54) is 6.26 Å². The van der Waals surface area contributed by atoms with Gasteiger partial charge in [0.15, 0.2) is 17.3 Å². The summed E-state index contributed by atoms with van der Waals surface area (Å²) in [4.78, 5) is 17.9. The zero-order chi connectivity index (χ0) is 32.6. The maximum atomic E-state index is 13.3. The number of carbonyl (C=O) groups excluding carboxylic acids is 1. The Morgan fingerprint density at radius 3 is 2.09 bits per heavy atom. The van der Waals surface area contributed by atoms with E-state index in [0.717, 1.165) is 32.7 Å². The van der Waals surface area contributed by atoms with Gasteiger partial charge < -0.3 is 47.7 Å². The van der Waals surface area contributed by atoms with Gasteiger partial charge in [0.1, 0.15) is 30.8 Å². The maximum Gasteiger partial charge on any atom is 0.345 e. The lowest BCUT2D eigenvalue weighted by atomic mass is 9.89. The number of aliphatic hydroxyl groups is 1. The normalized spacial score (nSPS) is 21.9. The Morgan fingerprint density at radius 1 is 0.851 bits per heavy atom. The Labute approximate surface area is 274 Å². The third-order valence-electron chi connectivity index (χ3n) is 8.56. The highest BCUT2D eigenvalue weighted by Gasteiger charge is 2.50. The number of methoxy groups -OCH3 is 2. The standard InChI is InChI=1S/C34H42N2O11/c1-39-26-5-3-25(4-6-26)34(38)27(31(33(37)47-34)30-22-43-23-46-30)19-24-20-28(40-2)32(45-18-12-36-9-15-42-16-10-36)29(21-24)44-17-11-35-7-13-41-14-8-35/h3-6,20-22,38H,7-19,23H2,1-2H3. The molecular weight excluding hydrogens is 612 g/mol. The Morgan fingerprint density at radius 2 is 1.49 bits per heavy atom. The largest absolute Gasteiger partial charge is 0.497 e. The first-order chi connectivity index (χ1) is 23.0. The van der Waals surface area contributed by atoms with Crippen molar-refractivity contribution in [2.75, 3.05) is 99.9 Å². The summed E-state index contributed by atoms with van der Waals surface area (Å²) in [5, 5.41) is 12.0. The molecule has 0 radical (unpaired) electrons. The van der Waals surface area contributed by atoms with Gasteiger partial charge in [-0.25, -0.2) is 4.79 Å². The van der Waals surface area contributed by atoms with Crippen molar-refractivity contribution in [3.63, 3.8) is 0 Å². The van der Waals surface area contributed by atoms with Gasteiger partial charge in [0.05, 0.1) is 40.6 Å². The van der Waals surface area contributed by atoms with E-state index < -0.39 is 11.8 Å². The Bertz CT molecular complexity index is 1450. The molecule has 1 unspecified atom stereocenters. The number of morpholine rings is 2. The molecule has 13 nitrogen and oxygen atoms in total. The number of hydrogen-bond donors (Lipinski definition) is 1. The van der Waals surface area contributed by atoms with E-state index in [4.69, 9.17) is 42.6 Å². The fraction of sp³-hybridized carbons (Fsp3) is 0.500. The molecule has 1 N–H and O–H groups in total. The van der Waals surface area contributed by atoms with Gasteiger partial charge in [-0.3, -0.25) is 9.80 Å². The van der Waals surface area contributed by atoms with E-state index in [0.29, 0.717) is 80.3 Å². The van der Waals surface area contributed by atoms with Crippen LogP contribution in [0.2, 0.25) is 0 Å². The highest BCUT2D eigenvalue weighted by atomic mass is 16.7. The third-order valence-corrected chi connectivity index (χ3v) is 8.56. The predicted molar refractivity (Wildman–Crippen MR) is 167 cm³/mol. The van der Waals surface area contributed by atoms with Crippen LogP contribution in [-0.2, 0) is 40.7 Å². The minimum Gasteiger partial charge on any atom is -0.497 e. The van der Waals surface area contributed by atoms with E-state index in [1.807, 2.05) is 12.1 Å². The van der Waals surface area contributed by atoms with Gasteiger partial charge in [0, 0.05) is 56.8 Å². The number of nitrogens with zero attached hydrogens (tertiary/aromatic N) is 2. The lowest BCUT2D eigenvalue weighted by Crippen LogP contribution is -2.39. The van der Waals surface area contributed by atoms with Crippen LogP contribution in [-0.4, -0.2) is 121 Å². The third kappa shape index (κ3) is 7.60. The highest BCUT2D eigenvalue weighted by molar-refractivity contribution is 5.97. The van der Waals surface area contributed by atoms with Crippen LogP contribution >= 0.6 is 0 Å². The highest BCUT2D eigenvalue weighted by Crippen LogP contribution is 2.46. The van der Waals surface area contributed by atoms with Crippen molar-refractivity contribution in [1.29, 1.82) is 0 Å². The summed E-state index contributed by atoms with van der Waals surface area (Å²) in [6.45, 7) is 8.40. The minimum atomic E-state index is -2.08. The lowest BCUT2D eigenvalue weighted by Gasteiger charge is -2.28. The van der Waals surface area contributed by atoms with Gasteiger partial charge in [0.2, 0.25) is 12.5 Å². The molecule has 0 aliphatic carbocycles. The smallest absolute Gasteiger partial charge is 0.345 e. The number of benzene rings is 2. The fourth-order valence-electron chi connectivity index (χ4n) is 5.97. The summed E-state index contributed by atoms with van der Waals surface area (Å²) in [6.07, 6.45) is 1.44. The molecule has 4 heterocycles. The number of carbonyl (C=O) groups is 1. The topological polar surface area (TPSA) is 127 Å². The monoisotopic (exact) mass is 654 g/mol. The second-order valence-corrected chi connectivity index (χ2v) is 11.4. The first-order valence-corrected chi connectivity index (χ1v) is 15.8. The summed E-state index contributed by atoms with van der Waals surface area (Å²) in [7, 11) is 3.12. The van der Waals surface area contributed by atoms with Crippen molar-refractivity contribution in [1.82, 2.24) is 9.80 Å². The van der Waals surface area contributed by atoms with Crippen molar-refractivity contribution in [3.8, 4) is 23.0 Å². The molecule has 2 aromatic carbocycles. The first-order valence-electron chi connectivity index (χ1n) is 15.8. The molecule has 0 spiro atoms. The molecule has 254 valence electrons. The average molecular weight is 655 g/mol. The second-order valence-electron chi connectivity index (χ2n) is 11.4. The van der Waals surface area contributed by atoms with Crippen LogP contribution in [0.5, 0.6) is 23.0 Å². The van der Waals surface area contributed by atoms with E-state index >= 15 is 0 Å². The second kappa shape index (κ2) is 15.3. The van der Waals surface area contributed by atoms with Gasteiger partial charge in [-0.15, -0.1) is 0 Å². The molecule has 4 aliphatic heterocycles. The lowest BCUT2D eigenvalue weighted by molar-refractivity contribution is -0.186. The van der Waals surface area contributed by atoms with Gasteiger partial charge in [-0.2, -0.15) is 0 Å². The first kappa shape index (κ1) is 32.9. The Kier molecular flexibility index (Phi) is 10.7. The number of rotatable bonds is 14. The molecule has 2 fully saturated rings. The van der Waals surface area contributed by atoms with Crippen LogP contribution < -0.4 is 18.9 Å². The molecule has 0 amide bonds. The van der Waals surface area contributed by atoms with Crippen LogP contribution in [0.15, 0.2) is 59.6 Å². The van der Waals surface area contributed by atoms with Crippen LogP contribution in [0.1, 0.15) is 11.1 Å². The predicted octanol–water partition coefficient (Wildman–Crippen LogP) is 2.21. The number of esters is 1. The van der Waals surface area contributed by atoms with Crippen molar-refractivity contribution in [2.24, 2.45) is 0 Å². The molecule has 0 aromatic heterocycles. The molecule has 2 aromatic rings. The summed E-state index contributed by atoms with van der Waals surface area (Å²) in [5.74, 6) is -0.585. The molecular formula is C34H42N2O11. The van der Waals surface area contributed by atoms with Crippen LogP contribution in [0.4, 0.5) is 0 Å². The van der Waals surface area contributed by atoms with Crippen LogP contribution in [0.3, 0.4) is 0 Å². The zero-order valence-corrected chi connectivity index (χ0v) is 26.9. The molecule has 2 saturated heterocycles. The molecule has 6 rings (SSSR count). The van der Waals surface area contributed by atoms with Crippen molar-refractivity contribution in [3.05, 3.63) is 70.7 Å². The molecule has 0 bridgehead atoms. The number of ether oxygens (including phenoxy) is 9. The maximum absolute atomic E-state index is 13.3. The average Bonchev–Trinajstić information content (AvgIpc) is 3.72. The Hall–Kier alpha value is -4.01. The van der Waals surface area contributed by atoms with E-state index in [9.17, 15) is 9.90 Å². The molecule has 1 atom stereocenters. The zero-order valence-electron chi connectivity index (χ0n) is 26.9. The summed E-state index contributed by atoms with van der Waals surface area (Å²) < 4.78 is 51.3. The molecule has 13 heteroatoms. The summed E-state index contributed by atoms with van der Waals surface area (Å²) in [6, 6.07) is 10.4. The quantitative estimate of drug-likeness (QED) is 0.300. The van der Waals surface area contributed by atoms with E-state index in [-0.39, 0.29) is 30.1 Å². The van der Waals surface area contributed by atoms with Crippen LogP contribution in [0.25, 0.3) is 0 Å². The number of hydrogen-bond acceptors (Lipinski definition) is 13. The molecule has 47 heavy (non-hydrogen) atoms. The SMILES string of the molecule is COc1ccc(C2(O)OC(=O)C(C3=COCO3)=C2Cc2cc(OC)c(OCCN3CCOCC3)c(OCCN3CCOCC3)c2)cc1. The minimum absolute atomic E-state index is 0.0498.